The molecule has 0 radical (unpaired) electrons. The highest BCUT2D eigenvalue weighted by atomic mass is 15.2. The van der Waals surface area contributed by atoms with Gasteiger partial charge in [0.15, 0.2) is 0 Å². The maximum Gasteiger partial charge on any atom is 0.0722 e. The van der Waals surface area contributed by atoms with Gasteiger partial charge in [-0.1, -0.05) is 18.2 Å². The number of pyridine rings is 1. The lowest BCUT2D eigenvalue weighted by Crippen LogP contribution is -2.42. The zero-order chi connectivity index (χ0) is 13.4. The molecule has 4 rings (SSSR count). The van der Waals surface area contributed by atoms with Gasteiger partial charge in [-0.3, -0.25) is 4.98 Å². The number of nitrogens with zero attached hydrogens (tertiary/aromatic N) is 2. The Morgan fingerprint density at radius 1 is 1.10 bits per heavy atom. The highest BCUT2D eigenvalue weighted by Crippen LogP contribution is 2.30. The van der Waals surface area contributed by atoms with Crippen LogP contribution in [0.1, 0.15) is 25.7 Å². The van der Waals surface area contributed by atoms with E-state index in [-0.39, 0.29) is 0 Å². The van der Waals surface area contributed by atoms with E-state index < -0.39 is 0 Å². The summed E-state index contributed by atoms with van der Waals surface area (Å²) in [5.74, 6) is 0. The van der Waals surface area contributed by atoms with Gasteiger partial charge >= 0.3 is 0 Å². The molecule has 3 heteroatoms. The smallest absolute Gasteiger partial charge is 0.0722 e. The fourth-order valence-electron chi connectivity index (χ4n) is 3.80. The van der Waals surface area contributed by atoms with E-state index in [4.69, 9.17) is 0 Å². The maximum absolute atomic E-state index is 4.44. The molecule has 3 heterocycles. The van der Waals surface area contributed by atoms with Crippen molar-refractivity contribution in [2.75, 3.05) is 18.4 Å². The maximum atomic E-state index is 4.44. The highest BCUT2D eigenvalue weighted by Gasteiger charge is 2.31. The van der Waals surface area contributed by atoms with E-state index in [1.807, 2.05) is 6.20 Å². The Morgan fingerprint density at radius 3 is 3.05 bits per heavy atom. The summed E-state index contributed by atoms with van der Waals surface area (Å²) in [4.78, 5) is 7.11. The van der Waals surface area contributed by atoms with Crippen molar-refractivity contribution in [3.05, 3.63) is 36.5 Å². The largest absolute Gasteiger partial charge is 0.382 e. The van der Waals surface area contributed by atoms with Crippen molar-refractivity contribution in [1.82, 2.24) is 9.88 Å². The normalized spacial score (nSPS) is 26.6. The molecule has 1 N–H and O–H groups in total. The number of rotatable bonds is 2. The van der Waals surface area contributed by atoms with Gasteiger partial charge in [-0.15, -0.1) is 0 Å². The number of hydrogen-bond acceptors (Lipinski definition) is 3. The minimum atomic E-state index is 0.611. The van der Waals surface area contributed by atoms with Gasteiger partial charge in [-0.05, 0) is 44.4 Å². The van der Waals surface area contributed by atoms with Gasteiger partial charge < -0.3 is 10.2 Å². The predicted octanol–water partition coefficient (Wildman–Crippen LogP) is 3.27. The molecule has 2 unspecified atom stereocenters. The number of fused-ring (bicyclic) bond motifs is 2. The van der Waals surface area contributed by atoms with Gasteiger partial charge in [0.05, 0.1) is 5.52 Å². The van der Waals surface area contributed by atoms with E-state index >= 15 is 0 Å². The van der Waals surface area contributed by atoms with Crippen molar-refractivity contribution >= 4 is 16.6 Å². The van der Waals surface area contributed by atoms with Crippen LogP contribution in [0.5, 0.6) is 0 Å². The first kappa shape index (κ1) is 12.2. The summed E-state index contributed by atoms with van der Waals surface area (Å²) in [6.45, 7) is 2.57. The van der Waals surface area contributed by atoms with Gasteiger partial charge in [0, 0.05) is 35.9 Å². The van der Waals surface area contributed by atoms with Gasteiger partial charge in [-0.2, -0.15) is 0 Å². The fraction of sp³-hybridized carbons (Fsp3) is 0.471. The van der Waals surface area contributed by atoms with Crippen LogP contribution in [0, 0.1) is 0 Å². The number of aromatic nitrogens is 1. The third-order valence-electron chi connectivity index (χ3n) is 4.83. The van der Waals surface area contributed by atoms with E-state index in [9.17, 15) is 0 Å². The van der Waals surface area contributed by atoms with Gasteiger partial charge in [0.25, 0.3) is 0 Å². The highest BCUT2D eigenvalue weighted by molar-refractivity contribution is 5.90. The summed E-state index contributed by atoms with van der Waals surface area (Å²) < 4.78 is 0. The molecule has 0 bridgehead atoms. The zero-order valence-corrected chi connectivity index (χ0v) is 11.8. The van der Waals surface area contributed by atoms with Crippen molar-refractivity contribution in [1.29, 1.82) is 0 Å². The molecule has 0 amide bonds. The molecular weight excluding hydrogens is 246 g/mol. The van der Waals surface area contributed by atoms with Crippen molar-refractivity contribution in [2.45, 2.75) is 37.8 Å². The fourth-order valence-corrected chi connectivity index (χ4v) is 3.80. The SMILES string of the molecule is c1ccc2c(NC3CCN4CCCC4C3)ccnc2c1. The molecule has 1 aromatic carbocycles. The lowest BCUT2D eigenvalue weighted by Gasteiger charge is -2.35. The number of anilines is 1. The third-order valence-corrected chi connectivity index (χ3v) is 4.83. The molecule has 2 aromatic rings. The quantitative estimate of drug-likeness (QED) is 0.905. The summed E-state index contributed by atoms with van der Waals surface area (Å²) in [6, 6.07) is 11.9. The van der Waals surface area contributed by atoms with Crippen LogP contribution in [0.25, 0.3) is 10.9 Å². The third kappa shape index (κ3) is 2.16. The Kier molecular flexibility index (Phi) is 3.07. The van der Waals surface area contributed by atoms with Crippen molar-refractivity contribution in [3.8, 4) is 0 Å². The van der Waals surface area contributed by atoms with E-state index in [1.165, 1.54) is 49.8 Å². The molecule has 1 aromatic heterocycles. The summed E-state index contributed by atoms with van der Waals surface area (Å²) in [7, 11) is 0. The summed E-state index contributed by atoms with van der Waals surface area (Å²) >= 11 is 0. The Morgan fingerprint density at radius 2 is 2.05 bits per heavy atom. The lowest BCUT2D eigenvalue weighted by molar-refractivity contribution is 0.188. The molecule has 0 spiro atoms. The average Bonchev–Trinajstić information content (AvgIpc) is 2.95. The molecule has 20 heavy (non-hydrogen) atoms. The summed E-state index contributed by atoms with van der Waals surface area (Å²) in [6.07, 6.45) is 7.23. The van der Waals surface area contributed by atoms with Crippen LogP contribution in [0.15, 0.2) is 36.5 Å². The topological polar surface area (TPSA) is 28.2 Å². The van der Waals surface area contributed by atoms with Crippen LogP contribution in [-0.4, -0.2) is 35.1 Å². The van der Waals surface area contributed by atoms with E-state index in [1.54, 1.807) is 0 Å². The molecule has 2 aliphatic heterocycles. The zero-order valence-electron chi connectivity index (χ0n) is 11.8. The van der Waals surface area contributed by atoms with Gasteiger partial charge in [0.1, 0.15) is 0 Å². The molecular formula is C17H21N3. The van der Waals surface area contributed by atoms with Gasteiger partial charge in [0.2, 0.25) is 0 Å². The Labute approximate surface area is 120 Å². The van der Waals surface area contributed by atoms with Gasteiger partial charge in [-0.25, -0.2) is 0 Å². The van der Waals surface area contributed by atoms with Crippen LogP contribution in [-0.2, 0) is 0 Å². The molecule has 0 aliphatic carbocycles. The second kappa shape index (κ2) is 5.06. The first-order valence-electron chi connectivity index (χ1n) is 7.74. The number of piperidine rings is 1. The summed E-state index contributed by atoms with van der Waals surface area (Å²) in [5, 5.41) is 5.01. The minimum absolute atomic E-state index is 0.611. The number of nitrogens with one attached hydrogen (secondary N) is 1. The predicted molar refractivity (Wildman–Crippen MR) is 83.0 cm³/mol. The molecule has 2 aliphatic rings. The second-order valence-corrected chi connectivity index (χ2v) is 6.07. The van der Waals surface area contributed by atoms with E-state index in [2.05, 4.69) is 45.5 Å². The number of hydrogen-bond donors (Lipinski definition) is 1. The monoisotopic (exact) mass is 267 g/mol. The van der Waals surface area contributed by atoms with Crippen molar-refractivity contribution in [3.63, 3.8) is 0 Å². The van der Waals surface area contributed by atoms with Crippen molar-refractivity contribution < 1.29 is 0 Å². The molecule has 2 atom stereocenters. The number of benzene rings is 1. The second-order valence-electron chi connectivity index (χ2n) is 6.07. The van der Waals surface area contributed by atoms with Crippen LogP contribution >= 0.6 is 0 Å². The minimum Gasteiger partial charge on any atom is -0.382 e. The van der Waals surface area contributed by atoms with Crippen LogP contribution in [0.4, 0.5) is 5.69 Å². The lowest BCUT2D eigenvalue weighted by atomic mass is 9.97. The van der Waals surface area contributed by atoms with Crippen LogP contribution in [0.3, 0.4) is 0 Å². The van der Waals surface area contributed by atoms with E-state index in [0.29, 0.717) is 6.04 Å². The first-order chi connectivity index (χ1) is 9.90. The molecule has 2 saturated heterocycles. The van der Waals surface area contributed by atoms with Crippen LogP contribution < -0.4 is 5.32 Å². The van der Waals surface area contributed by atoms with Crippen LogP contribution in [0.2, 0.25) is 0 Å². The van der Waals surface area contributed by atoms with E-state index in [0.717, 1.165) is 11.6 Å². The Hall–Kier alpha value is -1.61. The molecule has 2 fully saturated rings. The molecule has 3 nitrogen and oxygen atoms in total. The molecule has 104 valence electrons. The Bertz CT molecular complexity index is 605. The van der Waals surface area contributed by atoms with Crippen molar-refractivity contribution in [2.24, 2.45) is 0 Å². The summed E-state index contributed by atoms with van der Waals surface area (Å²) in [5.41, 5.74) is 2.32. The average molecular weight is 267 g/mol. The Balaban J connectivity index is 1.56. The standard InChI is InChI=1S/C17H21N3/c1-2-6-16-15(5-1)17(7-9-18-16)19-13-8-11-20-10-3-4-14(20)12-13/h1-2,5-7,9,13-14H,3-4,8,10-12H2,(H,18,19). The first-order valence-corrected chi connectivity index (χ1v) is 7.74. The molecule has 0 saturated carbocycles. The number of para-hydroxylation sites is 1.